The molecule has 0 radical (unpaired) electrons. The van der Waals surface area contributed by atoms with Gasteiger partial charge in [-0.15, -0.1) is 0 Å². The van der Waals surface area contributed by atoms with Crippen molar-refractivity contribution in [1.29, 1.82) is 0 Å². The molecule has 0 fully saturated rings. The summed E-state index contributed by atoms with van der Waals surface area (Å²) in [6, 6.07) is 6.52. The topological polar surface area (TPSA) is 85.5 Å². The maximum absolute atomic E-state index is 11.1. The molecule has 1 aromatic carbocycles. The van der Waals surface area contributed by atoms with Gasteiger partial charge in [0.25, 0.3) is 0 Å². The van der Waals surface area contributed by atoms with E-state index in [1.54, 1.807) is 32.9 Å². The molecule has 0 amide bonds. The van der Waals surface area contributed by atoms with Gasteiger partial charge >= 0.3 is 5.69 Å². The molecule has 1 atom stereocenters. The second-order valence-electron chi connectivity index (χ2n) is 4.89. The Bertz CT molecular complexity index is 666. The molecule has 2 rings (SSSR count). The van der Waals surface area contributed by atoms with Gasteiger partial charge in [-0.3, -0.25) is 10.1 Å². The Morgan fingerprint density at radius 2 is 2.05 bits per heavy atom. The van der Waals surface area contributed by atoms with Crippen LogP contribution in [0.3, 0.4) is 0 Å². The Hall–Kier alpha value is -2.47. The number of nitro groups is 1. The number of aromatic nitrogens is 1. The average molecular weight is 288 g/mol. The molecule has 0 spiro atoms. The minimum absolute atomic E-state index is 0.0890. The van der Waals surface area contributed by atoms with Crippen LogP contribution < -0.4 is 4.74 Å². The van der Waals surface area contributed by atoms with Crippen LogP contribution in [0.25, 0.3) is 0 Å². The molecule has 2 aromatic rings. The van der Waals surface area contributed by atoms with Crippen molar-refractivity contribution >= 4 is 5.69 Å². The van der Waals surface area contributed by atoms with Crippen LogP contribution in [0.4, 0.5) is 5.69 Å². The molecular formula is C15H16N2O4. The molecule has 1 aromatic heterocycles. The van der Waals surface area contributed by atoms with Gasteiger partial charge < -0.3 is 9.84 Å². The number of hydrogen-bond acceptors (Lipinski definition) is 5. The van der Waals surface area contributed by atoms with E-state index in [0.717, 1.165) is 5.56 Å². The number of aryl methyl sites for hydroxylation is 2. The molecule has 0 saturated heterocycles. The summed E-state index contributed by atoms with van der Waals surface area (Å²) in [5.74, 6) is 0.428. The SMILES string of the molecule is Cc1cc(C)c(Oc2ccc(C(C)O)cn2)c([N+](=O)[O-])c1. The first-order chi connectivity index (χ1) is 9.88. The highest BCUT2D eigenvalue weighted by Gasteiger charge is 2.19. The number of nitrogens with zero attached hydrogens (tertiary/aromatic N) is 2. The van der Waals surface area contributed by atoms with Crippen molar-refractivity contribution in [3.63, 3.8) is 0 Å². The van der Waals surface area contributed by atoms with Crippen molar-refractivity contribution < 1.29 is 14.8 Å². The van der Waals surface area contributed by atoms with Gasteiger partial charge in [-0.25, -0.2) is 4.98 Å². The summed E-state index contributed by atoms with van der Waals surface area (Å²) in [6.07, 6.45) is 0.858. The Morgan fingerprint density at radius 3 is 2.57 bits per heavy atom. The van der Waals surface area contributed by atoms with Gasteiger partial charge in [-0.1, -0.05) is 6.07 Å². The van der Waals surface area contributed by atoms with Crippen molar-refractivity contribution in [2.24, 2.45) is 0 Å². The van der Waals surface area contributed by atoms with Crippen molar-refractivity contribution in [3.05, 3.63) is 57.3 Å². The van der Waals surface area contributed by atoms with Gasteiger partial charge in [0, 0.05) is 18.3 Å². The zero-order valence-electron chi connectivity index (χ0n) is 12.0. The summed E-state index contributed by atoms with van der Waals surface area (Å²) in [5, 5.41) is 20.6. The Labute approximate surface area is 122 Å². The van der Waals surface area contributed by atoms with E-state index < -0.39 is 11.0 Å². The van der Waals surface area contributed by atoms with E-state index in [4.69, 9.17) is 4.74 Å². The van der Waals surface area contributed by atoms with Crippen LogP contribution in [0.1, 0.15) is 29.7 Å². The second kappa shape index (κ2) is 5.88. The number of nitro benzene ring substituents is 1. The van der Waals surface area contributed by atoms with Crippen molar-refractivity contribution in [3.8, 4) is 11.6 Å². The number of aliphatic hydroxyl groups is 1. The molecule has 0 bridgehead atoms. The monoisotopic (exact) mass is 288 g/mol. The highest BCUT2D eigenvalue weighted by atomic mass is 16.6. The lowest BCUT2D eigenvalue weighted by atomic mass is 10.1. The smallest absolute Gasteiger partial charge is 0.312 e. The van der Waals surface area contributed by atoms with E-state index in [1.807, 2.05) is 6.07 Å². The van der Waals surface area contributed by atoms with Gasteiger partial charge in [-0.2, -0.15) is 0 Å². The average Bonchev–Trinajstić information content (AvgIpc) is 2.41. The third-order valence-electron chi connectivity index (χ3n) is 3.04. The maximum atomic E-state index is 11.1. The maximum Gasteiger partial charge on any atom is 0.312 e. The molecule has 0 aliphatic carbocycles. The molecular weight excluding hydrogens is 272 g/mol. The number of pyridine rings is 1. The van der Waals surface area contributed by atoms with Crippen molar-refractivity contribution in [2.45, 2.75) is 26.9 Å². The lowest BCUT2D eigenvalue weighted by molar-refractivity contribution is -0.385. The van der Waals surface area contributed by atoms with Gasteiger partial charge in [0.15, 0.2) is 0 Å². The largest absolute Gasteiger partial charge is 0.432 e. The Kier molecular flexibility index (Phi) is 4.18. The van der Waals surface area contributed by atoms with Gasteiger partial charge in [0.05, 0.1) is 11.0 Å². The third-order valence-corrected chi connectivity index (χ3v) is 3.04. The number of hydrogen-bond donors (Lipinski definition) is 1. The van der Waals surface area contributed by atoms with Crippen molar-refractivity contribution in [2.75, 3.05) is 0 Å². The highest BCUT2D eigenvalue weighted by Crippen LogP contribution is 2.35. The fourth-order valence-electron chi connectivity index (χ4n) is 2.00. The minimum atomic E-state index is -0.623. The standard InChI is InChI=1S/C15H16N2O4/c1-9-6-10(2)15(13(7-9)17(19)20)21-14-5-4-12(8-16-14)11(3)18/h4-8,11,18H,1-3H3. The molecule has 6 heteroatoms. The van der Waals surface area contributed by atoms with Gasteiger partial charge in [-0.05, 0) is 43.5 Å². The second-order valence-corrected chi connectivity index (χ2v) is 4.89. The number of benzene rings is 1. The van der Waals surface area contributed by atoms with Crippen LogP contribution >= 0.6 is 0 Å². The number of aliphatic hydroxyl groups excluding tert-OH is 1. The molecule has 0 saturated carbocycles. The first kappa shape index (κ1) is 14.9. The van der Waals surface area contributed by atoms with E-state index in [0.29, 0.717) is 11.1 Å². The molecule has 21 heavy (non-hydrogen) atoms. The predicted octanol–water partition coefficient (Wildman–Crippen LogP) is 3.45. The predicted molar refractivity (Wildman–Crippen MR) is 77.5 cm³/mol. The Balaban J connectivity index is 2.37. The summed E-state index contributed by atoms with van der Waals surface area (Å²) < 4.78 is 5.56. The number of rotatable bonds is 4. The number of ether oxygens (including phenoxy) is 1. The molecule has 0 aliphatic heterocycles. The summed E-state index contributed by atoms with van der Waals surface area (Å²) in [7, 11) is 0. The molecule has 110 valence electrons. The van der Waals surface area contributed by atoms with Crippen molar-refractivity contribution in [1.82, 2.24) is 4.98 Å². The van der Waals surface area contributed by atoms with Crippen LogP contribution in [0.5, 0.6) is 11.6 Å². The fourth-order valence-corrected chi connectivity index (χ4v) is 2.00. The first-order valence-corrected chi connectivity index (χ1v) is 6.46. The third kappa shape index (κ3) is 3.35. The van der Waals surface area contributed by atoms with E-state index in [-0.39, 0.29) is 17.3 Å². The van der Waals surface area contributed by atoms with Crippen LogP contribution in [0.15, 0.2) is 30.5 Å². The van der Waals surface area contributed by atoms with E-state index in [2.05, 4.69) is 4.98 Å². The molecule has 1 N–H and O–H groups in total. The van der Waals surface area contributed by atoms with Gasteiger partial charge in [0.2, 0.25) is 11.6 Å². The normalized spacial score (nSPS) is 12.0. The van der Waals surface area contributed by atoms with Gasteiger partial charge in [0.1, 0.15) is 0 Å². The fraction of sp³-hybridized carbons (Fsp3) is 0.267. The lowest BCUT2D eigenvalue weighted by Gasteiger charge is -2.10. The molecule has 0 aliphatic rings. The quantitative estimate of drug-likeness (QED) is 0.688. The minimum Gasteiger partial charge on any atom is -0.432 e. The summed E-state index contributed by atoms with van der Waals surface area (Å²) in [5.41, 5.74) is 2.03. The zero-order valence-corrected chi connectivity index (χ0v) is 12.0. The Morgan fingerprint density at radius 1 is 1.33 bits per heavy atom. The van der Waals surface area contributed by atoms with Crippen LogP contribution in [-0.2, 0) is 0 Å². The zero-order chi connectivity index (χ0) is 15.6. The molecule has 1 unspecified atom stereocenters. The first-order valence-electron chi connectivity index (χ1n) is 6.46. The molecule has 1 heterocycles. The van der Waals surface area contributed by atoms with E-state index in [1.165, 1.54) is 12.3 Å². The van der Waals surface area contributed by atoms with Crippen LogP contribution in [0.2, 0.25) is 0 Å². The summed E-state index contributed by atoms with van der Waals surface area (Å²) in [4.78, 5) is 14.7. The summed E-state index contributed by atoms with van der Waals surface area (Å²) >= 11 is 0. The lowest BCUT2D eigenvalue weighted by Crippen LogP contribution is -1.99. The summed E-state index contributed by atoms with van der Waals surface area (Å²) in [6.45, 7) is 5.17. The van der Waals surface area contributed by atoms with Crippen LogP contribution in [0, 0.1) is 24.0 Å². The van der Waals surface area contributed by atoms with Crippen LogP contribution in [-0.4, -0.2) is 15.0 Å². The molecule has 6 nitrogen and oxygen atoms in total. The highest BCUT2D eigenvalue weighted by molar-refractivity contribution is 5.54. The van der Waals surface area contributed by atoms with E-state index in [9.17, 15) is 15.2 Å². The van der Waals surface area contributed by atoms with E-state index >= 15 is 0 Å².